The summed E-state index contributed by atoms with van der Waals surface area (Å²) in [5.74, 6) is -2.23. The van der Waals surface area contributed by atoms with Crippen molar-refractivity contribution in [3.8, 4) is 0 Å². The van der Waals surface area contributed by atoms with E-state index in [9.17, 15) is 38.4 Å². The van der Waals surface area contributed by atoms with Gasteiger partial charge < -0.3 is 28.6 Å². The van der Waals surface area contributed by atoms with E-state index < -0.39 is 53.0 Å². The summed E-state index contributed by atoms with van der Waals surface area (Å²) in [6, 6.07) is -1.44. The number of piperazine rings is 1. The lowest BCUT2D eigenvalue weighted by atomic mass is 10.0. The van der Waals surface area contributed by atoms with Crippen LogP contribution in [0.1, 0.15) is 108 Å². The molecule has 0 saturated carbocycles. The summed E-state index contributed by atoms with van der Waals surface area (Å²) in [7, 11) is 2.55. The number of likely N-dealkylation sites (tertiary alicyclic amines) is 1. The summed E-state index contributed by atoms with van der Waals surface area (Å²) >= 11 is 0. The van der Waals surface area contributed by atoms with Gasteiger partial charge >= 0.3 is 30.1 Å². The highest BCUT2D eigenvalue weighted by molar-refractivity contribution is 5.97. The van der Waals surface area contributed by atoms with Crippen LogP contribution in [0.15, 0.2) is 0 Å². The van der Waals surface area contributed by atoms with E-state index >= 15 is 0 Å². The third-order valence-electron chi connectivity index (χ3n) is 6.65. The van der Waals surface area contributed by atoms with Gasteiger partial charge in [-0.3, -0.25) is 29.0 Å². The Labute approximate surface area is 301 Å². The molecule has 0 spiro atoms. The van der Waals surface area contributed by atoms with Crippen LogP contribution in [0, 0.1) is 0 Å². The smallest absolute Gasteiger partial charge is 0.411 e. The van der Waals surface area contributed by atoms with Crippen LogP contribution in [0.4, 0.5) is 9.59 Å². The van der Waals surface area contributed by atoms with Crippen molar-refractivity contribution < 1.29 is 62.0 Å². The number of carbonyl (C=O) groups is 8. The molecule has 16 nitrogen and oxygen atoms in total. The van der Waals surface area contributed by atoms with E-state index in [0.717, 1.165) is 12.8 Å². The fourth-order valence-electron chi connectivity index (χ4n) is 4.64. The summed E-state index contributed by atoms with van der Waals surface area (Å²) in [5.41, 5.74) is -1.74. The second-order valence-corrected chi connectivity index (χ2v) is 15.1. The molecule has 0 unspecified atom stereocenters. The van der Waals surface area contributed by atoms with Crippen molar-refractivity contribution in [2.75, 3.05) is 40.4 Å². The van der Waals surface area contributed by atoms with Crippen LogP contribution in [0.2, 0.25) is 0 Å². The Balaban J connectivity index is 0.000000786. The van der Waals surface area contributed by atoms with Crippen LogP contribution in [-0.2, 0) is 52.5 Å². The molecular formula is C35H59N3O13. The quantitative estimate of drug-likeness (QED) is 0.218. The number of hydrogen-bond donors (Lipinski definition) is 0. The maximum Gasteiger partial charge on any atom is 0.411 e. The molecule has 2 heterocycles. The zero-order chi connectivity index (χ0) is 39.9. The van der Waals surface area contributed by atoms with E-state index in [2.05, 4.69) is 0 Å². The van der Waals surface area contributed by atoms with Crippen LogP contribution in [0.25, 0.3) is 0 Å². The highest BCUT2D eigenvalue weighted by atomic mass is 16.6. The van der Waals surface area contributed by atoms with E-state index in [1.807, 2.05) is 20.8 Å². The van der Waals surface area contributed by atoms with Crippen molar-refractivity contribution in [2.24, 2.45) is 0 Å². The molecule has 2 atom stereocenters. The molecule has 0 N–H and O–H groups in total. The average Bonchev–Trinajstić information content (AvgIpc) is 2.97. The lowest BCUT2D eigenvalue weighted by molar-refractivity contribution is -0.156. The molecule has 292 valence electrons. The zero-order valence-electron chi connectivity index (χ0n) is 32.7. The number of carbonyl (C=O) groups excluding carboxylic acids is 8. The molecule has 2 rings (SSSR count). The van der Waals surface area contributed by atoms with Crippen LogP contribution >= 0.6 is 0 Å². The first-order valence-corrected chi connectivity index (χ1v) is 16.8. The fraction of sp³-hybridized carbons (Fsp3) is 0.771. The van der Waals surface area contributed by atoms with Crippen LogP contribution < -0.4 is 0 Å². The van der Waals surface area contributed by atoms with Gasteiger partial charge in [0.05, 0.1) is 27.2 Å². The van der Waals surface area contributed by atoms with E-state index in [1.165, 1.54) is 42.8 Å². The highest BCUT2D eigenvalue weighted by Crippen LogP contribution is 2.21. The van der Waals surface area contributed by atoms with E-state index in [4.69, 9.17) is 23.7 Å². The molecule has 2 fully saturated rings. The van der Waals surface area contributed by atoms with Gasteiger partial charge in [0.1, 0.15) is 40.8 Å². The SMILES string of the molecule is CC(=O)CC(=O)OC(C)(C)C.COC(=O)[C@@H]1CCCCN1C(=O)OC(C)(C)C.COC(=O)[C@@H]1CN(C(=O)CC(C)=O)CCN1C(=O)OC(C)(C)C. The Kier molecular flexibility index (Phi) is 18.9. The minimum Gasteiger partial charge on any atom is -0.467 e. The van der Waals surface area contributed by atoms with Crippen molar-refractivity contribution >= 4 is 47.6 Å². The minimum atomic E-state index is -0.945. The summed E-state index contributed by atoms with van der Waals surface area (Å²) in [5, 5.41) is 0. The molecule has 3 amide bonds. The third kappa shape index (κ3) is 19.7. The van der Waals surface area contributed by atoms with Crippen LogP contribution in [0.3, 0.4) is 0 Å². The van der Waals surface area contributed by atoms with E-state index in [-0.39, 0.29) is 55.9 Å². The lowest BCUT2D eigenvalue weighted by Gasteiger charge is -2.40. The van der Waals surface area contributed by atoms with Crippen LogP contribution in [-0.4, -0.2) is 132 Å². The van der Waals surface area contributed by atoms with Gasteiger partial charge in [-0.1, -0.05) is 0 Å². The van der Waals surface area contributed by atoms with Gasteiger partial charge in [-0.15, -0.1) is 0 Å². The molecule has 2 saturated heterocycles. The molecule has 2 aliphatic heterocycles. The predicted molar refractivity (Wildman–Crippen MR) is 184 cm³/mol. The summed E-state index contributed by atoms with van der Waals surface area (Å²) in [6.45, 7) is 19.5. The Hall–Kier alpha value is -4.24. The number of amides is 3. The largest absolute Gasteiger partial charge is 0.467 e. The molecule has 16 heteroatoms. The number of esters is 3. The molecule has 0 radical (unpaired) electrons. The average molecular weight is 730 g/mol. The first kappa shape index (κ1) is 46.8. The van der Waals surface area contributed by atoms with Crippen molar-refractivity contribution in [1.82, 2.24) is 14.7 Å². The number of rotatable bonds is 6. The lowest BCUT2D eigenvalue weighted by Crippen LogP contribution is -2.60. The maximum absolute atomic E-state index is 12.2. The molecule has 0 aliphatic carbocycles. The number of nitrogens with zero attached hydrogens (tertiary/aromatic N) is 3. The topological polar surface area (TPSA) is 192 Å². The molecule has 0 aromatic heterocycles. The molecule has 0 aromatic rings. The number of hydrogen-bond acceptors (Lipinski definition) is 13. The van der Waals surface area contributed by atoms with E-state index in [1.54, 1.807) is 41.5 Å². The Morgan fingerprint density at radius 2 is 1.00 bits per heavy atom. The van der Waals surface area contributed by atoms with Crippen molar-refractivity contribution in [3.05, 3.63) is 0 Å². The first-order valence-electron chi connectivity index (χ1n) is 16.8. The van der Waals surface area contributed by atoms with Gasteiger partial charge in [-0.25, -0.2) is 19.2 Å². The highest BCUT2D eigenvalue weighted by Gasteiger charge is 2.40. The van der Waals surface area contributed by atoms with Gasteiger partial charge in [0.25, 0.3) is 0 Å². The normalized spacial score (nSPS) is 17.6. The van der Waals surface area contributed by atoms with Crippen molar-refractivity contribution in [2.45, 2.75) is 137 Å². The molecular weight excluding hydrogens is 670 g/mol. The molecule has 0 bridgehead atoms. The maximum atomic E-state index is 12.2. The number of methoxy groups -OCH3 is 2. The summed E-state index contributed by atoms with van der Waals surface area (Å²) in [6.07, 6.45) is 1.05. The second-order valence-electron chi connectivity index (χ2n) is 15.1. The first-order chi connectivity index (χ1) is 23.2. The van der Waals surface area contributed by atoms with Gasteiger partial charge in [-0.05, 0) is 95.4 Å². The van der Waals surface area contributed by atoms with Gasteiger partial charge in [0.2, 0.25) is 5.91 Å². The Morgan fingerprint density at radius 3 is 1.41 bits per heavy atom. The Bertz CT molecular complexity index is 1240. The van der Waals surface area contributed by atoms with Gasteiger partial charge in [0, 0.05) is 19.6 Å². The number of ether oxygens (including phenoxy) is 5. The zero-order valence-corrected chi connectivity index (χ0v) is 32.7. The minimum absolute atomic E-state index is 0.0158. The summed E-state index contributed by atoms with van der Waals surface area (Å²) in [4.78, 5) is 96.2. The molecule has 51 heavy (non-hydrogen) atoms. The fourth-order valence-corrected chi connectivity index (χ4v) is 4.64. The Morgan fingerprint density at radius 1 is 0.569 bits per heavy atom. The standard InChI is InChI=1S/C15H24N2O6.C12H21NO4.C8H14O3/c1-10(18)8-12(19)16-6-7-17(11(9-16)13(20)22-5)14(21)23-15(2,3)4;1-12(2,3)17-11(15)13-8-6-5-7-9(13)10(14)16-4;1-6(9)5-7(10)11-8(2,3)4/h11H,6-9H2,1-5H3;9H,5-8H2,1-4H3;5H2,1-4H3/t11-;9-;/m00./s1. The van der Waals surface area contributed by atoms with E-state index in [0.29, 0.717) is 13.0 Å². The second kappa shape index (κ2) is 20.6. The third-order valence-corrected chi connectivity index (χ3v) is 6.65. The van der Waals surface area contributed by atoms with Crippen molar-refractivity contribution in [1.29, 1.82) is 0 Å². The van der Waals surface area contributed by atoms with Crippen LogP contribution in [0.5, 0.6) is 0 Å². The van der Waals surface area contributed by atoms with Gasteiger partial charge in [-0.2, -0.15) is 0 Å². The number of piperidine rings is 1. The monoisotopic (exact) mass is 729 g/mol. The molecule has 2 aliphatic rings. The van der Waals surface area contributed by atoms with Gasteiger partial charge in [0.15, 0.2) is 6.04 Å². The molecule has 0 aromatic carbocycles. The number of Topliss-reactive ketones (excluding diaryl/α,β-unsaturated/α-hetero) is 2. The van der Waals surface area contributed by atoms with Crippen molar-refractivity contribution in [3.63, 3.8) is 0 Å². The summed E-state index contributed by atoms with van der Waals surface area (Å²) < 4.78 is 24.9. The predicted octanol–water partition coefficient (Wildman–Crippen LogP) is 3.84. The number of ketones is 2.